The van der Waals surface area contributed by atoms with Gasteiger partial charge in [0.25, 0.3) is 0 Å². The van der Waals surface area contributed by atoms with Crippen molar-refractivity contribution >= 4 is 23.9 Å². The Morgan fingerprint density at radius 3 is 1.84 bits per heavy atom. The SMILES string of the molecule is CC(C)CC(NC(=O)OC(C)(C)C)C(=O)N(C(C(=O)NC(Cc1ccccc1)C(=O)OC(C)(C)C)c1ccccc1)C1CC1C. The smallest absolute Gasteiger partial charge is 0.408 e. The Kier molecular flexibility index (Phi) is 11.8. The summed E-state index contributed by atoms with van der Waals surface area (Å²) in [6, 6.07) is 15.3. The molecule has 1 aliphatic carbocycles. The Balaban J connectivity index is 2.03. The van der Waals surface area contributed by atoms with Gasteiger partial charge in [0.1, 0.15) is 29.3 Å². The second-order valence-electron chi connectivity index (χ2n) is 14.5. The minimum atomic E-state index is -1.05. The number of esters is 1. The van der Waals surface area contributed by atoms with Crippen LogP contribution >= 0.6 is 0 Å². The normalized spacial score (nSPS) is 18.3. The highest BCUT2D eigenvalue weighted by Gasteiger charge is 2.48. The van der Waals surface area contributed by atoms with E-state index in [1.54, 1.807) is 58.6 Å². The van der Waals surface area contributed by atoms with Crippen molar-refractivity contribution in [1.29, 1.82) is 0 Å². The molecule has 0 heterocycles. The molecule has 1 fully saturated rings. The molecule has 9 nitrogen and oxygen atoms in total. The Hall–Kier alpha value is -3.88. The molecule has 0 spiro atoms. The third kappa shape index (κ3) is 11.2. The molecule has 45 heavy (non-hydrogen) atoms. The summed E-state index contributed by atoms with van der Waals surface area (Å²) in [7, 11) is 0. The van der Waals surface area contributed by atoms with E-state index in [-0.39, 0.29) is 30.2 Å². The number of carbonyl (C=O) groups excluding carboxylic acids is 4. The number of carbonyl (C=O) groups is 4. The minimum absolute atomic E-state index is 0.0683. The molecule has 5 atom stereocenters. The van der Waals surface area contributed by atoms with Gasteiger partial charge < -0.3 is 25.0 Å². The molecule has 2 aromatic carbocycles. The molecule has 2 N–H and O–H groups in total. The van der Waals surface area contributed by atoms with Gasteiger partial charge in [-0.3, -0.25) is 9.59 Å². The highest BCUT2D eigenvalue weighted by atomic mass is 16.6. The first-order valence-corrected chi connectivity index (χ1v) is 15.9. The zero-order valence-electron chi connectivity index (χ0n) is 28.3. The largest absolute Gasteiger partial charge is 0.458 e. The van der Waals surface area contributed by atoms with E-state index in [0.717, 1.165) is 5.56 Å². The van der Waals surface area contributed by atoms with Gasteiger partial charge >= 0.3 is 12.1 Å². The van der Waals surface area contributed by atoms with Gasteiger partial charge in [0.15, 0.2) is 0 Å². The van der Waals surface area contributed by atoms with Gasteiger partial charge in [0, 0.05) is 12.5 Å². The van der Waals surface area contributed by atoms with E-state index in [2.05, 4.69) is 10.6 Å². The fourth-order valence-electron chi connectivity index (χ4n) is 5.24. The van der Waals surface area contributed by atoms with E-state index < -0.39 is 47.3 Å². The van der Waals surface area contributed by atoms with Crippen LogP contribution in [0.15, 0.2) is 60.7 Å². The second-order valence-corrected chi connectivity index (χ2v) is 14.5. The maximum atomic E-state index is 14.5. The minimum Gasteiger partial charge on any atom is -0.458 e. The molecule has 0 radical (unpaired) electrons. The molecule has 3 amide bonds. The van der Waals surface area contributed by atoms with Gasteiger partial charge in [0.05, 0.1) is 0 Å². The Bertz CT molecular complexity index is 1300. The lowest BCUT2D eigenvalue weighted by atomic mass is 9.98. The second kappa shape index (κ2) is 14.9. The summed E-state index contributed by atoms with van der Waals surface area (Å²) < 4.78 is 11.2. The fraction of sp³-hybridized carbons (Fsp3) is 0.556. The number of ether oxygens (including phenoxy) is 2. The third-order valence-electron chi connectivity index (χ3n) is 7.31. The summed E-state index contributed by atoms with van der Waals surface area (Å²) in [6.45, 7) is 16.6. The molecule has 9 heteroatoms. The maximum absolute atomic E-state index is 14.5. The molecular formula is C36H51N3O6. The van der Waals surface area contributed by atoms with Crippen LogP contribution in [0.3, 0.4) is 0 Å². The van der Waals surface area contributed by atoms with Crippen LogP contribution in [-0.4, -0.2) is 58.1 Å². The van der Waals surface area contributed by atoms with Crippen LogP contribution in [0, 0.1) is 11.8 Å². The van der Waals surface area contributed by atoms with E-state index in [0.29, 0.717) is 18.4 Å². The number of rotatable bonds is 12. The third-order valence-corrected chi connectivity index (χ3v) is 7.31. The maximum Gasteiger partial charge on any atom is 0.408 e. The quantitative estimate of drug-likeness (QED) is 0.282. The van der Waals surface area contributed by atoms with Crippen molar-refractivity contribution in [2.24, 2.45) is 11.8 Å². The first-order chi connectivity index (χ1) is 20.9. The summed E-state index contributed by atoms with van der Waals surface area (Å²) >= 11 is 0. The molecule has 246 valence electrons. The summed E-state index contributed by atoms with van der Waals surface area (Å²) in [5, 5.41) is 5.74. The van der Waals surface area contributed by atoms with Gasteiger partial charge in [-0.15, -0.1) is 0 Å². The van der Waals surface area contributed by atoms with E-state index in [4.69, 9.17) is 9.47 Å². The van der Waals surface area contributed by atoms with E-state index in [1.165, 1.54) is 0 Å². The van der Waals surface area contributed by atoms with Gasteiger partial charge in [-0.1, -0.05) is 81.4 Å². The number of amides is 3. The fourth-order valence-corrected chi connectivity index (χ4v) is 5.24. The Morgan fingerprint density at radius 1 is 0.822 bits per heavy atom. The van der Waals surface area contributed by atoms with Crippen molar-refractivity contribution in [2.45, 2.75) is 117 Å². The van der Waals surface area contributed by atoms with Crippen LogP contribution < -0.4 is 10.6 Å². The molecule has 0 aliphatic heterocycles. The van der Waals surface area contributed by atoms with Crippen molar-refractivity contribution < 1.29 is 28.7 Å². The highest BCUT2D eigenvalue weighted by molar-refractivity contribution is 5.94. The van der Waals surface area contributed by atoms with E-state index >= 15 is 0 Å². The summed E-state index contributed by atoms with van der Waals surface area (Å²) in [5.74, 6) is -1.21. The number of nitrogens with zero attached hydrogens (tertiary/aromatic N) is 1. The standard InChI is InChI=1S/C36H51N3O6/c1-23(2)20-27(38-34(43)45-36(7,8)9)32(41)39(29-21-24(29)3)30(26-18-14-11-15-19-26)31(40)37-28(33(42)44-35(4,5)6)22-25-16-12-10-13-17-25/h10-19,23-24,27-30H,20-22H2,1-9H3,(H,37,40)(H,38,43). The van der Waals surface area contributed by atoms with Crippen LogP contribution in [-0.2, 0) is 30.3 Å². The molecule has 3 rings (SSSR count). The Labute approximate surface area is 268 Å². The summed E-state index contributed by atoms with van der Waals surface area (Å²) in [4.78, 5) is 56.9. The lowest BCUT2D eigenvalue weighted by Crippen LogP contribution is -2.56. The van der Waals surface area contributed by atoms with Crippen molar-refractivity contribution in [2.75, 3.05) is 0 Å². The number of hydrogen-bond acceptors (Lipinski definition) is 6. The molecule has 1 aliphatic rings. The number of hydrogen-bond donors (Lipinski definition) is 2. The lowest BCUT2D eigenvalue weighted by molar-refractivity contribution is -0.159. The van der Waals surface area contributed by atoms with Crippen molar-refractivity contribution in [3.8, 4) is 0 Å². The van der Waals surface area contributed by atoms with Gasteiger partial charge in [0.2, 0.25) is 11.8 Å². The number of alkyl carbamates (subject to hydrolysis) is 1. The topological polar surface area (TPSA) is 114 Å². The van der Waals surface area contributed by atoms with Crippen molar-refractivity contribution in [1.82, 2.24) is 15.5 Å². The predicted molar refractivity (Wildman–Crippen MR) is 174 cm³/mol. The number of benzene rings is 2. The van der Waals surface area contributed by atoms with Crippen LogP contribution in [0.2, 0.25) is 0 Å². The highest BCUT2D eigenvalue weighted by Crippen LogP contribution is 2.41. The first-order valence-electron chi connectivity index (χ1n) is 15.9. The van der Waals surface area contributed by atoms with Gasteiger partial charge in [-0.05, 0) is 77.3 Å². The molecule has 5 unspecified atom stereocenters. The molecule has 0 saturated heterocycles. The van der Waals surface area contributed by atoms with E-state index in [9.17, 15) is 19.2 Å². The summed E-state index contributed by atoms with van der Waals surface area (Å²) in [6.07, 6.45) is 0.585. The van der Waals surface area contributed by atoms with Crippen LogP contribution in [0.4, 0.5) is 4.79 Å². The van der Waals surface area contributed by atoms with Crippen LogP contribution in [0.25, 0.3) is 0 Å². The summed E-state index contributed by atoms with van der Waals surface area (Å²) in [5.41, 5.74) is -0.0570. The molecular weight excluding hydrogens is 570 g/mol. The first kappa shape index (κ1) is 35.6. The van der Waals surface area contributed by atoms with Crippen molar-refractivity contribution in [3.05, 3.63) is 71.8 Å². The van der Waals surface area contributed by atoms with Crippen LogP contribution in [0.1, 0.15) is 92.3 Å². The Morgan fingerprint density at radius 2 is 1.36 bits per heavy atom. The lowest BCUT2D eigenvalue weighted by Gasteiger charge is -2.36. The van der Waals surface area contributed by atoms with Crippen LogP contribution in [0.5, 0.6) is 0 Å². The van der Waals surface area contributed by atoms with E-state index in [1.807, 2.05) is 69.3 Å². The molecule has 2 aromatic rings. The molecule has 0 aromatic heterocycles. The molecule has 0 bridgehead atoms. The van der Waals surface area contributed by atoms with Gasteiger partial charge in [-0.25, -0.2) is 9.59 Å². The average molecular weight is 622 g/mol. The van der Waals surface area contributed by atoms with Gasteiger partial charge in [-0.2, -0.15) is 0 Å². The zero-order valence-corrected chi connectivity index (χ0v) is 28.3. The van der Waals surface area contributed by atoms with Crippen molar-refractivity contribution in [3.63, 3.8) is 0 Å². The monoisotopic (exact) mass is 621 g/mol. The zero-order chi connectivity index (χ0) is 33.5. The number of nitrogens with one attached hydrogen (secondary N) is 2. The molecule has 1 saturated carbocycles. The predicted octanol–water partition coefficient (Wildman–Crippen LogP) is 5.97. The average Bonchev–Trinajstić information content (AvgIpc) is 3.64.